The third kappa shape index (κ3) is 5.21. The van der Waals surface area contributed by atoms with Gasteiger partial charge in [-0.2, -0.15) is 0 Å². The van der Waals surface area contributed by atoms with E-state index in [2.05, 4.69) is 0 Å². The van der Waals surface area contributed by atoms with Crippen LogP contribution in [0.3, 0.4) is 0 Å². The molecular weight excluding hydrogens is 441 g/mol. The number of aliphatic hydroxyl groups is 1. The second-order valence-electron chi connectivity index (χ2n) is 7.37. The van der Waals surface area contributed by atoms with Crippen molar-refractivity contribution in [1.29, 1.82) is 0 Å². The van der Waals surface area contributed by atoms with E-state index < -0.39 is 30.3 Å². The summed E-state index contributed by atoms with van der Waals surface area (Å²) in [5.41, 5.74) is 1.55. The lowest BCUT2D eigenvalue weighted by Gasteiger charge is -2.47. The number of ether oxygens (including phenoxy) is 2. The van der Waals surface area contributed by atoms with Gasteiger partial charge in [-0.1, -0.05) is 54.4 Å². The Morgan fingerprint density at radius 3 is 2.45 bits per heavy atom. The molecule has 4 atom stereocenters. The molecule has 1 aliphatic rings. The largest absolute Gasteiger partial charge is 0.469 e. The molecule has 1 amide bonds. The summed E-state index contributed by atoms with van der Waals surface area (Å²) in [6.45, 7) is 1.67. The van der Waals surface area contributed by atoms with Crippen molar-refractivity contribution in [2.24, 2.45) is 0 Å². The molecular formula is C23H25Cl2NO5. The molecule has 2 aromatic carbocycles. The Labute approximate surface area is 191 Å². The van der Waals surface area contributed by atoms with Gasteiger partial charge in [0.05, 0.1) is 32.2 Å². The van der Waals surface area contributed by atoms with Gasteiger partial charge in [0, 0.05) is 10.0 Å². The molecule has 0 radical (unpaired) electrons. The predicted octanol–water partition coefficient (Wildman–Crippen LogP) is 4.34. The molecule has 0 saturated carbocycles. The zero-order valence-corrected chi connectivity index (χ0v) is 18.8. The number of methoxy groups -OCH3 is 1. The molecule has 0 aromatic heterocycles. The normalized spacial score (nSPS) is 22.3. The molecule has 8 heteroatoms. The first-order chi connectivity index (χ1) is 14.9. The number of aliphatic hydroxyl groups excluding tert-OH is 1. The van der Waals surface area contributed by atoms with Gasteiger partial charge >= 0.3 is 5.97 Å². The quantitative estimate of drug-likeness (QED) is 0.615. The second kappa shape index (κ2) is 10.5. The number of hydrogen-bond acceptors (Lipinski definition) is 5. The van der Waals surface area contributed by atoms with Crippen LogP contribution in [0.2, 0.25) is 10.0 Å². The smallest absolute Gasteiger partial charge is 0.308 e. The number of benzene rings is 2. The van der Waals surface area contributed by atoms with Crippen LogP contribution < -0.4 is 0 Å². The Balaban J connectivity index is 2.15. The third-order valence-corrected chi connectivity index (χ3v) is 5.96. The minimum Gasteiger partial charge on any atom is -0.469 e. The van der Waals surface area contributed by atoms with Crippen LogP contribution >= 0.6 is 23.2 Å². The maximum Gasteiger partial charge on any atom is 0.308 e. The Bertz CT molecular complexity index is 916. The molecule has 31 heavy (non-hydrogen) atoms. The highest BCUT2D eigenvalue weighted by Gasteiger charge is 2.47. The molecule has 4 unspecified atom stereocenters. The highest BCUT2D eigenvalue weighted by molar-refractivity contribution is 6.30. The molecule has 1 aliphatic heterocycles. The highest BCUT2D eigenvalue weighted by Crippen LogP contribution is 2.44. The number of esters is 1. The number of hydrogen-bond donors (Lipinski definition) is 1. The van der Waals surface area contributed by atoms with E-state index in [1.54, 1.807) is 35.2 Å². The number of carbonyl (C=O) groups is 2. The molecule has 1 saturated heterocycles. The van der Waals surface area contributed by atoms with E-state index in [0.29, 0.717) is 16.5 Å². The molecule has 0 aliphatic carbocycles. The van der Waals surface area contributed by atoms with Gasteiger partial charge in [-0.05, 0) is 41.8 Å². The van der Waals surface area contributed by atoms with Crippen molar-refractivity contribution >= 4 is 35.1 Å². The third-order valence-electron chi connectivity index (χ3n) is 5.47. The minimum absolute atomic E-state index is 0.223. The van der Waals surface area contributed by atoms with Crippen LogP contribution in [0.4, 0.5) is 0 Å². The lowest BCUT2D eigenvalue weighted by atomic mass is 9.89. The molecule has 3 rings (SSSR count). The summed E-state index contributed by atoms with van der Waals surface area (Å²) >= 11 is 12.3. The first kappa shape index (κ1) is 23.5. The van der Waals surface area contributed by atoms with E-state index in [0.717, 1.165) is 11.1 Å². The SMILES string of the molecule is CCC(CO)N1C(=O)C(CC(=O)OC)OC(c2cccc(Cl)c2)C1c1ccc(Cl)cc1. The molecule has 6 nitrogen and oxygen atoms in total. The van der Waals surface area contributed by atoms with E-state index in [-0.39, 0.29) is 18.9 Å². The summed E-state index contributed by atoms with van der Waals surface area (Å²) in [6, 6.07) is 13.3. The summed E-state index contributed by atoms with van der Waals surface area (Å²) in [5, 5.41) is 11.1. The first-order valence-electron chi connectivity index (χ1n) is 10.1. The van der Waals surface area contributed by atoms with Gasteiger partial charge in [0.15, 0.2) is 0 Å². The van der Waals surface area contributed by atoms with Crippen molar-refractivity contribution in [3.8, 4) is 0 Å². The van der Waals surface area contributed by atoms with E-state index >= 15 is 0 Å². The molecule has 1 fully saturated rings. The van der Waals surface area contributed by atoms with Crippen molar-refractivity contribution < 1.29 is 24.2 Å². The van der Waals surface area contributed by atoms with Gasteiger partial charge < -0.3 is 19.5 Å². The zero-order valence-electron chi connectivity index (χ0n) is 17.3. The van der Waals surface area contributed by atoms with Crippen LogP contribution in [0.1, 0.15) is 43.0 Å². The number of rotatable bonds is 7. The molecule has 0 spiro atoms. The predicted molar refractivity (Wildman–Crippen MR) is 118 cm³/mol. The van der Waals surface area contributed by atoms with Crippen molar-refractivity contribution in [1.82, 2.24) is 4.90 Å². The lowest BCUT2D eigenvalue weighted by Crippen LogP contribution is -2.56. The van der Waals surface area contributed by atoms with Crippen LogP contribution in [0.25, 0.3) is 0 Å². The van der Waals surface area contributed by atoms with Gasteiger partial charge in [-0.25, -0.2) is 0 Å². The molecule has 166 valence electrons. The zero-order chi connectivity index (χ0) is 22.5. The summed E-state index contributed by atoms with van der Waals surface area (Å²) in [4.78, 5) is 27.1. The summed E-state index contributed by atoms with van der Waals surface area (Å²) in [5.74, 6) is -0.922. The van der Waals surface area contributed by atoms with Gasteiger partial charge in [0.2, 0.25) is 0 Å². The maximum absolute atomic E-state index is 13.5. The fourth-order valence-corrected chi connectivity index (χ4v) is 4.21. The minimum atomic E-state index is -1.04. The van der Waals surface area contributed by atoms with Crippen molar-refractivity contribution in [2.75, 3.05) is 13.7 Å². The summed E-state index contributed by atoms with van der Waals surface area (Å²) in [6.07, 6.45) is -1.36. The van der Waals surface area contributed by atoms with Gasteiger partial charge in [-0.15, -0.1) is 0 Å². The molecule has 1 heterocycles. The number of halogens is 2. The fourth-order valence-electron chi connectivity index (χ4n) is 3.89. The maximum atomic E-state index is 13.5. The molecule has 2 aromatic rings. The van der Waals surface area contributed by atoms with Gasteiger partial charge in [0.25, 0.3) is 5.91 Å². The van der Waals surface area contributed by atoms with E-state index in [1.165, 1.54) is 7.11 Å². The first-order valence-corrected chi connectivity index (χ1v) is 10.8. The lowest BCUT2D eigenvalue weighted by molar-refractivity contribution is -0.185. The van der Waals surface area contributed by atoms with Crippen LogP contribution in [-0.4, -0.2) is 47.7 Å². The number of amides is 1. The Morgan fingerprint density at radius 2 is 1.87 bits per heavy atom. The topological polar surface area (TPSA) is 76.1 Å². The van der Waals surface area contributed by atoms with Gasteiger partial charge in [-0.3, -0.25) is 9.59 Å². The number of carbonyl (C=O) groups excluding carboxylic acids is 2. The monoisotopic (exact) mass is 465 g/mol. The standard InChI is InChI=1S/C23H25Cl2NO5/c1-3-18(13-27)26-21(14-7-9-16(24)10-8-14)22(15-5-4-6-17(25)11-15)31-19(23(26)29)12-20(28)30-2/h4-11,18-19,21-22,27H,3,12-13H2,1-2H3. The molecule has 1 N–H and O–H groups in total. The fraction of sp³-hybridized carbons (Fsp3) is 0.391. The van der Waals surface area contributed by atoms with E-state index in [4.69, 9.17) is 32.7 Å². The van der Waals surface area contributed by atoms with Crippen molar-refractivity contribution in [3.05, 3.63) is 69.7 Å². The average Bonchev–Trinajstić information content (AvgIpc) is 2.77. The van der Waals surface area contributed by atoms with E-state index in [1.807, 2.05) is 25.1 Å². The Hall–Kier alpha value is -2.12. The van der Waals surface area contributed by atoms with E-state index in [9.17, 15) is 14.7 Å². The van der Waals surface area contributed by atoms with Crippen LogP contribution in [0.15, 0.2) is 48.5 Å². The Morgan fingerprint density at radius 1 is 1.16 bits per heavy atom. The average molecular weight is 466 g/mol. The summed E-state index contributed by atoms with van der Waals surface area (Å²) in [7, 11) is 1.26. The highest BCUT2D eigenvalue weighted by atomic mass is 35.5. The number of nitrogens with zero attached hydrogens (tertiary/aromatic N) is 1. The number of morpholine rings is 1. The van der Waals surface area contributed by atoms with Crippen LogP contribution in [-0.2, 0) is 19.1 Å². The van der Waals surface area contributed by atoms with Gasteiger partial charge in [0.1, 0.15) is 12.2 Å². The van der Waals surface area contributed by atoms with Crippen molar-refractivity contribution in [3.63, 3.8) is 0 Å². The van der Waals surface area contributed by atoms with Crippen LogP contribution in [0.5, 0.6) is 0 Å². The second-order valence-corrected chi connectivity index (χ2v) is 8.24. The summed E-state index contributed by atoms with van der Waals surface area (Å²) < 4.78 is 11.0. The molecule has 0 bridgehead atoms. The Kier molecular flexibility index (Phi) is 7.94. The van der Waals surface area contributed by atoms with Crippen LogP contribution in [0, 0.1) is 0 Å². The van der Waals surface area contributed by atoms with Crippen molar-refractivity contribution in [2.45, 2.75) is 44.1 Å².